The van der Waals surface area contributed by atoms with Crippen LogP contribution >= 0.6 is 0 Å². The molecule has 6 nitrogen and oxygen atoms in total. The number of carbonyl (C=O) groups is 1. The van der Waals surface area contributed by atoms with Gasteiger partial charge in [-0.05, 0) is 29.8 Å². The fourth-order valence-electron chi connectivity index (χ4n) is 2.89. The van der Waals surface area contributed by atoms with Crippen LogP contribution in [0.3, 0.4) is 0 Å². The zero-order valence-corrected chi connectivity index (χ0v) is 15.7. The smallest absolute Gasteiger partial charge is 0.264 e. The van der Waals surface area contributed by atoms with Crippen molar-refractivity contribution >= 4 is 5.78 Å². The number of hydrogen-bond acceptors (Lipinski definition) is 5. The molecule has 2 heterocycles. The Morgan fingerprint density at radius 2 is 1.83 bits per heavy atom. The van der Waals surface area contributed by atoms with Gasteiger partial charge in [-0.25, -0.2) is 4.98 Å². The lowest BCUT2D eigenvalue weighted by Crippen LogP contribution is -2.16. The minimum atomic E-state index is -0.258. The summed E-state index contributed by atoms with van der Waals surface area (Å²) in [5.74, 6) is 1.17. The quantitative estimate of drug-likeness (QED) is 0.463. The van der Waals surface area contributed by atoms with Gasteiger partial charge in [0, 0.05) is 31.3 Å². The Kier molecular flexibility index (Phi) is 5.07. The summed E-state index contributed by atoms with van der Waals surface area (Å²) in [6, 6.07) is 20.0. The number of hydrogen-bond donors (Lipinski definition) is 0. The van der Waals surface area contributed by atoms with Gasteiger partial charge in [-0.2, -0.15) is 0 Å². The summed E-state index contributed by atoms with van der Waals surface area (Å²) in [6.07, 6.45) is 3.19. The van der Waals surface area contributed by atoms with Crippen molar-refractivity contribution in [2.24, 2.45) is 7.05 Å². The SMILES string of the molecule is Cn1cc(CC(=O)c2nc(-c3cccc(Oc4ccccc4)c3)co2)ccc1=O. The van der Waals surface area contributed by atoms with Gasteiger partial charge in [0.15, 0.2) is 0 Å². The summed E-state index contributed by atoms with van der Waals surface area (Å²) in [5.41, 5.74) is 1.92. The first kappa shape index (κ1) is 18.4. The average molecular weight is 386 g/mol. The Hall–Kier alpha value is -3.93. The standard InChI is InChI=1S/C23H18N2O4/c1-25-14-16(10-11-22(25)27)12-21(26)23-24-20(15-28-23)17-6-5-9-19(13-17)29-18-7-3-2-4-8-18/h2-11,13-15H,12H2,1H3. The van der Waals surface area contributed by atoms with E-state index in [1.807, 2.05) is 54.6 Å². The van der Waals surface area contributed by atoms with Gasteiger partial charge in [-0.1, -0.05) is 36.4 Å². The minimum Gasteiger partial charge on any atom is -0.457 e. The Labute approximate surface area is 167 Å². The Morgan fingerprint density at radius 3 is 2.62 bits per heavy atom. The highest BCUT2D eigenvalue weighted by Crippen LogP contribution is 2.27. The maximum absolute atomic E-state index is 12.5. The molecule has 0 aliphatic heterocycles. The minimum absolute atomic E-state index is 0.0308. The number of oxazole rings is 1. The summed E-state index contributed by atoms with van der Waals surface area (Å²) in [4.78, 5) is 28.3. The van der Waals surface area contributed by atoms with E-state index in [9.17, 15) is 9.59 Å². The van der Waals surface area contributed by atoms with E-state index in [0.29, 0.717) is 11.4 Å². The summed E-state index contributed by atoms with van der Waals surface area (Å²) >= 11 is 0. The Balaban J connectivity index is 1.51. The molecule has 0 saturated heterocycles. The fourth-order valence-corrected chi connectivity index (χ4v) is 2.89. The number of pyridine rings is 1. The predicted octanol–water partition coefficient (Wildman–Crippen LogP) is 4.26. The van der Waals surface area contributed by atoms with Crippen LogP contribution in [0.4, 0.5) is 0 Å². The molecule has 0 saturated carbocycles. The van der Waals surface area contributed by atoms with E-state index in [1.54, 1.807) is 19.3 Å². The summed E-state index contributed by atoms with van der Waals surface area (Å²) < 4.78 is 12.7. The van der Waals surface area contributed by atoms with Crippen LogP contribution in [-0.4, -0.2) is 15.3 Å². The lowest BCUT2D eigenvalue weighted by atomic mass is 10.1. The average Bonchev–Trinajstić information content (AvgIpc) is 3.22. The lowest BCUT2D eigenvalue weighted by molar-refractivity contribution is 0.0959. The maximum Gasteiger partial charge on any atom is 0.264 e. The monoisotopic (exact) mass is 386 g/mol. The van der Waals surface area contributed by atoms with E-state index >= 15 is 0 Å². The van der Waals surface area contributed by atoms with Crippen LogP contribution in [0.5, 0.6) is 11.5 Å². The number of para-hydroxylation sites is 1. The van der Waals surface area contributed by atoms with Crippen LogP contribution in [0.15, 0.2) is 88.4 Å². The molecule has 2 aromatic heterocycles. The second kappa shape index (κ2) is 7.98. The van der Waals surface area contributed by atoms with Crippen molar-refractivity contribution in [2.45, 2.75) is 6.42 Å². The molecule has 0 fully saturated rings. The molecule has 0 N–H and O–H groups in total. The third-order valence-corrected chi connectivity index (χ3v) is 4.36. The Bertz CT molecular complexity index is 1210. The lowest BCUT2D eigenvalue weighted by Gasteiger charge is -2.06. The second-order valence-electron chi connectivity index (χ2n) is 6.57. The molecule has 0 atom stereocenters. The van der Waals surface area contributed by atoms with Crippen molar-refractivity contribution in [2.75, 3.05) is 0 Å². The summed E-state index contributed by atoms with van der Waals surface area (Å²) in [7, 11) is 1.64. The highest BCUT2D eigenvalue weighted by atomic mass is 16.5. The van der Waals surface area contributed by atoms with Crippen LogP contribution in [-0.2, 0) is 13.5 Å². The van der Waals surface area contributed by atoms with E-state index in [0.717, 1.165) is 16.9 Å². The van der Waals surface area contributed by atoms with Crippen molar-refractivity contribution in [3.63, 3.8) is 0 Å². The number of aryl methyl sites for hydroxylation is 1. The van der Waals surface area contributed by atoms with Crippen LogP contribution in [0.2, 0.25) is 0 Å². The van der Waals surface area contributed by atoms with Gasteiger partial charge in [0.2, 0.25) is 11.3 Å². The first-order valence-electron chi connectivity index (χ1n) is 9.06. The van der Waals surface area contributed by atoms with Crippen LogP contribution in [0.25, 0.3) is 11.3 Å². The molecule has 0 aliphatic rings. The van der Waals surface area contributed by atoms with Crippen molar-refractivity contribution in [1.29, 1.82) is 0 Å². The molecular formula is C23H18N2O4. The third kappa shape index (κ3) is 4.32. The topological polar surface area (TPSA) is 74.3 Å². The number of rotatable bonds is 6. The molecule has 4 aromatic rings. The van der Waals surface area contributed by atoms with Gasteiger partial charge in [0.1, 0.15) is 23.5 Å². The van der Waals surface area contributed by atoms with Gasteiger partial charge in [-0.15, -0.1) is 0 Å². The summed E-state index contributed by atoms with van der Waals surface area (Å²) in [6.45, 7) is 0. The number of carbonyl (C=O) groups excluding carboxylic acids is 1. The first-order valence-corrected chi connectivity index (χ1v) is 9.06. The fraction of sp³-hybridized carbons (Fsp3) is 0.0870. The molecular weight excluding hydrogens is 368 g/mol. The van der Waals surface area contributed by atoms with Crippen molar-refractivity contribution < 1.29 is 13.9 Å². The van der Waals surface area contributed by atoms with Gasteiger partial charge in [0.25, 0.3) is 5.89 Å². The zero-order chi connectivity index (χ0) is 20.2. The molecule has 6 heteroatoms. The van der Waals surface area contributed by atoms with Crippen molar-refractivity contribution in [3.8, 4) is 22.8 Å². The van der Waals surface area contributed by atoms with E-state index in [-0.39, 0.29) is 23.7 Å². The molecule has 0 unspecified atom stereocenters. The van der Waals surface area contributed by atoms with E-state index in [4.69, 9.17) is 9.15 Å². The number of ketones is 1. The molecule has 0 radical (unpaired) electrons. The predicted molar refractivity (Wildman–Crippen MR) is 108 cm³/mol. The third-order valence-electron chi connectivity index (χ3n) is 4.36. The van der Waals surface area contributed by atoms with Gasteiger partial charge >= 0.3 is 0 Å². The summed E-state index contributed by atoms with van der Waals surface area (Å²) in [5, 5.41) is 0. The van der Waals surface area contributed by atoms with Crippen molar-refractivity contribution in [1.82, 2.24) is 9.55 Å². The van der Waals surface area contributed by atoms with Gasteiger partial charge < -0.3 is 13.7 Å². The molecule has 0 amide bonds. The van der Waals surface area contributed by atoms with E-state index in [1.165, 1.54) is 16.9 Å². The number of aromatic nitrogens is 2. The van der Waals surface area contributed by atoms with Crippen LogP contribution in [0.1, 0.15) is 16.2 Å². The molecule has 0 bridgehead atoms. The van der Waals surface area contributed by atoms with E-state index in [2.05, 4.69) is 4.98 Å². The van der Waals surface area contributed by atoms with Crippen molar-refractivity contribution in [3.05, 3.63) is 101 Å². The second-order valence-corrected chi connectivity index (χ2v) is 6.57. The largest absolute Gasteiger partial charge is 0.457 e. The molecule has 144 valence electrons. The molecule has 0 spiro atoms. The molecule has 29 heavy (non-hydrogen) atoms. The number of benzene rings is 2. The van der Waals surface area contributed by atoms with Gasteiger partial charge in [0.05, 0.1) is 0 Å². The zero-order valence-electron chi connectivity index (χ0n) is 15.7. The first-order chi connectivity index (χ1) is 14.1. The number of ether oxygens (including phenoxy) is 1. The highest BCUT2D eigenvalue weighted by molar-refractivity contribution is 5.93. The van der Waals surface area contributed by atoms with Gasteiger partial charge in [-0.3, -0.25) is 9.59 Å². The normalized spacial score (nSPS) is 10.7. The van der Waals surface area contributed by atoms with Crippen LogP contribution in [0, 0.1) is 0 Å². The maximum atomic E-state index is 12.5. The molecule has 2 aromatic carbocycles. The highest BCUT2D eigenvalue weighted by Gasteiger charge is 2.15. The van der Waals surface area contributed by atoms with Crippen LogP contribution < -0.4 is 10.3 Å². The molecule has 4 rings (SSSR count). The van der Waals surface area contributed by atoms with E-state index < -0.39 is 0 Å². The number of Topliss-reactive ketones (excluding diaryl/α,β-unsaturated/α-hetero) is 1. The number of nitrogens with zero attached hydrogens (tertiary/aromatic N) is 2. The molecule has 0 aliphatic carbocycles. The Morgan fingerprint density at radius 1 is 1.03 bits per heavy atom.